The van der Waals surface area contributed by atoms with Gasteiger partial charge in [-0.25, -0.2) is 9.83 Å². The summed E-state index contributed by atoms with van der Waals surface area (Å²) < 4.78 is 2.29. The Bertz CT molecular complexity index is 3360. The average molecular weight is 699 g/mol. The lowest BCUT2D eigenvalue weighted by molar-refractivity contribution is 1.18. The molecule has 0 fully saturated rings. The van der Waals surface area contributed by atoms with E-state index in [-0.39, 0.29) is 0 Å². The zero-order chi connectivity index (χ0) is 36.5. The van der Waals surface area contributed by atoms with Gasteiger partial charge >= 0.3 is 0 Å². The monoisotopic (exact) mass is 698 g/mol. The van der Waals surface area contributed by atoms with Crippen LogP contribution in [-0.2, 0) is 0 Å². The van der Waals surface area contributed by atoms with Gasteiger partial charge in [-0.1, -0.05) is 121 Å². The fourth-order valence-corrected chi connectivity index (χ4v) is 8.54. The minimum atomic E-state index is 0.636. The Morgan fingerprint density at radius 2 is 1.05 bits per heavy atom. The molecule has 254 valence electrons. The maximum Gasteiger partial charge on any atom is 0.188 e. The van der Waals surface area contributed by atoms with Gasteiger partial charge in [-0.3, -0.25) is 4.98 Å². The average Bonchev–Trinajstić information content (AvgIpc) is 3.59. The molecule has 11 aromatic rings. The quantitative estimate of drug-likeness (QED) is 0.135. The number of nitrogens with zero attached hydrogens (tertiary/aromatic N) is 4. The Kier molecular flexibility index (Phi) is 6.89. The van der Waals surface area contributed by atoms with E-state index in [1.54, 1.807) is 0 Å². The highest BCUT2D eigenvalue weighted by Gasteiger charge is 2.19. The van der Waals surface area contributed by atoms with Crippen LogP contribution in [0, 0.1) is 6.57 Å². The van der Waals surface area contributed by atoms with Crippen molar-refractivity contribution in [3.05, 3.63) is 194 Å². The first-order valence-corrected chi connectivity index (χ1v) is 18.4. The van der Waals surface area contributed by atoms with Crippen LogP contribution in [0.2, 0.25) is 0 Å². The van der Waals surface area contributed by atoms with E-state index in [4.69, 9.17) is 11.6 Å². The van der Waals surface area contributed by atoms with Gasteiger partial charge in [0.2, 0.25) is 0 Å². The second-order valence-electron chi connectivity index (χ2n) is 14.1. The molecule has 11 rings (SSSR count). The van der Waals surface area contributed by atoms with Crippen molar-refractivity contribution in [2.45, 2.75) is 0 Å². The smallest absolute Gasteiger partial charge is 0.188 e. The number of fused-ring (bicyclic) bond motifs is 11. The van der Waals surface area contributed by atoms with E-state index in [0.29, 0.717) is 5.69 Å². The van der Waals surface area contributed by atoms with Crippen molar-refractivity contribution < 1.29 is 0 Å². The van der Waals surface area contributed by atoms with Crippen molar-refractivity contribution in [2.24, 2.45) is 0 Å². The summed E-state index contributed by atoms with van der Waals surface area (Å²) in [5.74, 6) is 0. The molecule has 0 aliphatic heterocycles. The second-order valence-corrected chi connectivity index (χ2v) is 14.1. The lowest BCUT2D eigenvalue weighted by Crippen LogP contribution is -1.94. The van der Waals surface area contributed by atoms with Crippen molar-refractivity contribution >= 4 is 70.7 Å². The SMILES string of the molecule is [C-]#[N+]c1ccc2c(c1)c1cc(-c3ccc(-c4nc5cc(-c6cccnc6)ccc5c5c6ccccc6c6ccccc6c45)cc3)ccc1n2-c1ccccc1. The number of hydrogen-bond donors (Lipinski definition) is 0. The molecule has 8 aromatic carbocycles. The molecule has 4 nitrogen and oxygen atoms in total. The van der Waals surface area contributed by atoms with E-state index in [1.807, 2.05) is 36.7 Å². The third-order valence-corrected chi connectivity index (χ3v) is 11.0. The maximum atomic E-state index is 7.71. The van der Waals surface area contributed by atoms with E-state index in [2.05, 4.69) is 160 Å². The van der Waals surface area contributed by atoms with Gasteiger partial charge < -0.3 is 4.57 Å². The topological polar surface area (TPSA) is 35.1 Å². The van der Waals surface area contributed by atoms with Crippen molar-refractivity contribution in [3.8, 4) is 39.2 Å². The molecule has 55 heavy (non-hydrogen) atoms. The zero-order valence-corrected chi connectivity index (χ0v) is 29.6. The molecule has 0 aliphatic carbocycles. The molecule has 3 aromatic heterocycles. The molecule has 0 spiro atoms. The van der Waals surface area contributed by atoms with Gasteiger partial charge in [0.15, 0.2) is 5.69 Å². The summed E-state index contributed by atoms with van der Waals surface area (Å²) in [7, 11) is 0. The van der Waals surface area contributed by atoms with Crippen molar-refractivity contribution in [1.82, 2.24) is 14.5 Å². The molecule has 0 N–H and O–H groups in total. The van der Waals surface area contributed by atoms with Gasteiger partial charge in [0, 0.05) is 50.8 Å². The highest BCUT2D eigenvalue weighted by molar-refractivity contribution is 6.33. The molecular formula is C51H30N4. The Morgan fingerprint density at radius 3 is 1.78 bits per heavy atom. The van der Waals surface area contributed by atoms with Crippen LogP contribution in [0.15, 0.2) is 182 Å². The summed E-state index contributed by atoms with van der Waals surface area (Å²) in [5.41, 5.74) is 11.3. The maximum absolute atomic E-state index is 7.71. The predicted molar refractivity (Wildman–Crippen MR) is 229 cm³/mol. The first-order chi connectivity index (χ1) is 27.2. The molecule has 0 atom stereocenters. The second kappa shape index (κ2) is 12.2. The number of rotatable bonds is 4. The van der Waals surface area contributed by atoms with Crippen LogP contribution in [0.4, 0.5) is 5.69 Å². The Hall–Kier alpha value is -7.61. The van der Waals surface area contributed by atoms with Gasteiger partial charge in [0.05, 0.1) is 28.8 Å². The normalized spacial score (nSPS) is 11.6. The highest BCUT2D eigenvalue weighted by Crippen LogP contribution is 2.44. The Labute approximate surface area is 317 Å². The lowest BCUT2D eigenvalue weighted by Gasteiger charge is -2.17. The van der Waals surface area contributed by atoms with Crippen LogP contribution >= 0.6 is 0 Å². The predicted octanol–water partition coefficient (Wildman–Crippen LogP) is 13.7. The molecule has 0 amide bonds. The summed E-state index contributed by atoms with van der Waals surface area (Å²) in [6.07, 6.45) is 3.72. The third-order valence-electron chi connectivity index (χ3n) is 11.0. The summed E-state index contributed by atoms with van der Waals surface area (Å²) >= 11 is 0. The van der Waals surface area contributed by atoms with E-state index >= 15 is 0 Å². The van der Waals surface area contributed by atoms with Crippen LogP contribution in [0.5, 0.6) is 0 Å². The summed E-state index contributed by atoms with van der Waals surface area (Å²) in [5, 5.41) is 10.6. The minimum Gasteiger partial charge on any atom is -0.309 e. The van der Waals surface area contributed by atoms with Crippen LogP contribution in [0.25, 0.3) is 109 Å². The first-order valence-electron chi connectivity index (χ1n) is 18.4. The van der Waals surface area contributed by atoms with E-state index in [9.17, 15) is 0 Å². The molecule has 0 radical (unpaired) electrons. The number of benzene rings is 8. The van der Waals surface area contributed by atoms with Crippen molar-refractivity contribution in [1.29, 1.82) is 0 Å². The van der Waals surface area contributed by atoms with Crippen LogP contribution in [-0.4, -0.2) is 14.5 Å². The van der Waals surface area contributed by atoms with Gasteiger partial charge in [0.1, 0.15) is 0 Å². The fourth-order valence-electron chi connectivity index (χ4n) is 8.54. The zero-order valence-electron chi connectivity index (χ0n) is 29.6. The molecule has 4 heteroatoms. The number of pyridine rings is 2. The van der Waals surface area contributed by atoms with Crippen molar-refractivity contribution in [2.75, 3.05) is 0 Å². The Balaban J connectivity index is 1.12. The molecule has 3 heterocycles. The van der Waals surface area contributed by atoms with Crippen LogP contribution in [0.1, 0.15) is 0 Å². The highest BCUT2D eigenvalue weighted by atomic mass is 15.0. The molecular weight excluding hydrogens is 669 g/mol. The summed E-state index contributed by atoms with van der Waals surface area (Å²) in [6.45, 7) is 7.71. The van der Waals surface area contributed by atoms with Crippen molar-refractivity contribution in [3.63, 3.8) is 0 Å². The molecule has 0 saturated heterocycles. The van der Waals surface area contributed by atoms with Gasteiger partial charge in [-0.2, -0.15) is 0 Å². The summed E-state index contributed by atoms with van der Waals surface area (Å²) in [4.78, 5) is 13.6. The van der Waals surface area contributed by atoms with E-state index in [0.717, 1.165) is 77.3 Å². The number of hydrogen-bond acceptors (Lipinski definition) is 2. The third kappa shape index (κ3) is 4.84. The van der Waals surface area contributed by atoms with E-state index in [1.165, 1.54) is 26.9 Å². The lowest BCUT2D eigenvalue weighted by atomic mass is 9.89. The first kappa shape index (κ1) is 31.0. The minimum absolute atomic E-state index is 0.636. The van der Waals surface area contributed by atoms with Crippen LogP contribution < -0.4 is 0 Å². The fraction of sp³-hybridized carbons (Fsp3) is 0. The molecule has 0 saturated carbocycles. The van der Waals surface area contributed by atoms with Gasteiger partial charge in [0.25, 0.3) is 0 Å². The van der Waals surface area contributed by atoms with E-state index < -0.39 is 0 Å². The number of para-hydroxylation sites is 1. The standard InChI is InChI=1S/C51H30N4/c1-52-37-23-26-48-45(30-37)44-28-34(22-25-47(44)55(48)38-11-3-2-4-12-38)32-17-19-33(20-18-32)51-50-42-16-8-6-14-40(42)39-13-5-7-15-41(39)49(50)43-24-21-35(29-46(43)54-51)36-10-9-27-53-31-36/h2-31H. The molecule has 0 unspecified atom stereocenters. The largest absolute Gasteiger partial charge is 0.309 e. The van der Waals surface area contributed by atoms with Crippen LogP contribution in [0.3, 0.4) is 0 Å². The molecule has 0 bridgehead atoms. The molecule has 0 aliphatic rings. The number of aromatic nitrogens is 3. The summed E-state index contributed by atoms with van der Waals surface area (Å²) in [6, 6.07) is 60.1. The van der Waals surface area contributed by atoms with Gasteiger partial charge in [-0.05, 0) is 92.2 Å². The van der Waals surface area contributed by atoms with Gasteiger partial charge in [-0.15, -0.1) is 0 Å². The Morgan fingerprint density at radius 1 is 0.436 bits per heavy atom.